The van der Waals surface area contributed by atoms with Gasteiger partial charge < -0.3 is 15.2 Å². The van der Waals surface area contributed by atoms with Crippen molar-refractivity contribution in [3.63, 3.8) is 0 Å². The number of amidine groups is 1. The highest BCUT2D eigenvalue weighted by atomic mass is 16.5. The van der Waals surface area contributed by atoms with Crippen LogP contribution in [0.1, 0.15) is 30.9 Å². The number of nitrogens with two attached hydrogens (primary N) is 1. The van der Waals surface area contributed by atoms with Crippen LogP contribution in [0, 0.1) is 17.3 Å². The molecule has 4 nitrogen and oxygen atoms in total. The Morgan fingerprint density at radius 3 is 2.75 bits per heavy atom. The van der Waals surface area contributed by atoms with Crippen LogP contribution in [0.3, 0.4) is 0 Å². The van der Waals surface area contributed by atoms with E-state index in [-0.39, 0.29) is 11.4 Å². The summed E-state index contributed by atoms with van der Waals surface area (Å²) in [7, 11) is 0. The van der Waals surface area contributed by atoms with Gasteiger partial charge in [0, 0.05) is 16.6 Å². The molecule has 1 saturated carbocycles. The molecule has 2 aliphatic heterocycles. The largest absolute Gasteiger partial charge is 0.493 e. The minimum atomic E-state index is -0.436. The van der Waals surface area contributed by atoms with E-state index < -0.39 is 5.54 Å². The zero-order valence-corrected chi connectivity index (χ0v) is 15.9. The zero-order chi connectivity index (χ0) is 19.2. The van der Waals surface area contributed by atoms with E-state index in [4.69, 9.17) is 20.2 Å². The molecule has 0 saturated heterocycles. The molecule has 1 aromatic carbocycles. The number of rotatable bonds is 1. The van der Waals surface area contributed by atoms with Crippen LogP contribution in [-0.4, -0.2) is 19.2 Å². The standard InChI is InChI=1S/C24H22N2O2/c1-2-6-17-7-4-3-5-8-18(13-17)19-9-10-21-20(14-19)24(16-28-22(25)26-24)23(11-12-23)15-27-21/h3-5,7-10,13-14H,11-12,15-16H2,1H3,(H2,25,26)/b4-3?,5-3+,7-4?,8-5?,17-7?,17-13?,18-8+,18-13?. The molecule has 0 aromatic heterocycles. The minimum absolute atomic E-state index is 0.00633. The van der Waals surface area contributed by atoms with Crippen molar-refractivity contribution in [2.24, 2.45) is 16.1 Å². The smallest absolute Gasteiger partial charge is 0.283 e. The molecule has 1 fully saturated rings. The predicted octanol–water partition coefficient (Wildman–Crippen LogP) is 3.86. The lowest BCUT2D eigenvalue weighted by molar-refractivity contribution is 0.0871. The first-order chi connectivity index (χ1) is 13.7. The van der Waals surface area contributed by atoms with Crippen LogP contribution in [0.4, 0.5) is 0 Å². The number of benzene rings is 1. The minimum Gasteiger partial charge on any atom is -0.493 e. The van der Waals surface area contributed by atoms with Crippen LogP contribution in [0.5, 0.6) is 5.75 Å². The predicted molar refractivity (Wildman–Crippen MR) is 111 cm³/mol. The lowest BCUT2D eigenvalue weighted by atomic mass is 9.74. The van der Waals surface area contributed by atoms with Gasteiger partial charge in [-0.15, -0.1) is 5.92 Å². The molecule has 2 aliphatic carbocycles. The summed E-state index contributed by atoms with van der Waals surface area (Å²) >= 11 is 0. The second-order valence-corrected chi connectivity index (χ2v) is 7.72. The van der Waals surface area contributed by atoms with Gasteiger partial charge in [-0.2, -0.15) is 0 Å². The van der Waals surface area contributed by atoms with Crippen molar-refractivity contribution in [2.75, 3.05) is 13.2 Å². The number of nitrogens with zero attached hydrogens (tertiary/aromatic N) is 1. The van der Waals surface area contributed by atoms with Crippen molar-refractivity contribution in [3.8, 4) is 17.6 Å². The molecule has 0 bridgehead atoms. The first kappa shape index (κ1) is 16.9. The van der Waals surface area contributed by atoms with E-state index in [0.29, 0.717) is 13.2 Å². The first-order valence-electron chi connectivity index (χ1n) is 9.61. The van der Waals surface area contributed by atoms with Gasteiger partial charge in [-0.25, -0.2) is 4.99 Å². The summed E-state index contributed by atoms with van der Waals surface area (Å²) in [5.74, 6) is 7.02. The summed E-state index contributed by atoms with van der Waals surface area (Å²) in [5.41, 5.74) is 9.78. The maximum atomic E-state index is 6.12. The van der Waals surface area contributed by atoms with Gasteiger partial charge in [0.2, 0.25) is 0 Å². The van der Waals surface area contributed by atoms with E-state index in [0.717, 1.165) is 40.9 Å². The zero-order valence-electron chi connectivity index (χ0n) is 15.9. The number of ether oxygens (including phenoxy) is 2. The lowest BCUT2D eigenvalue weighted by Crippen LogP contribution is -2.44. The molecule has 4 aliphatic rings. The van der Waals surface area contributed by atoms with Gasteiger partial charge in [-0.05, 0) is 55.2 Å². The van der Waals surface area contributed by atoms with Gasteiger partial charge in [0.15, 0.2) is 0 Å². The van der Waals surface area contributed by atoms with Gasteiger partial charge in [-0.1, -0.05) is 36.3 Å². The van der Waals surface area contributed by atoms with Crippen LogP contribution in [-0.2, 0) is 10.3 Å². The fourth-order valence-corrected chi connectivity index (χ4v) is 4.38. The molecule has 140 valence electrons. The molecule has 28 heavy (non-hydrogen) atoms. The van der Waals surface area contributed by atoms with Crippen LogP contribution in [0.25, 0.3) is 5.57 Å². The Labute approximate surface area is 165 Å². The van der Waals surface area contributed by atoms with Gasteiger partial charge >= 0.3 is 0 Å². The highest BCUT2D eigenvalue weighted by Crippen LogP contribution is 2.65. The molecule has 2 N–H and O–H groups in total. The van der Waals surface area contributed by atoms with E-state index in [1.54, 1.807) is 0 Å². The maximum absolute atomic E-state index is 6.12. The summed E-state index contributed by atoms with van der Waals surface area (Å²) in [5, 5.41) is 0. The summed E-state index contributed by atoms with van der Waals surface area (Å²) in [6.07, 6.45) is 14.5. The van der Waals surface area contributed by atoms with E-state index >= 15 is 0 Å². The fourth-order valence-electron chi connectivity index (χ4n) is 4.38. The lowest BCUT2D eigenvalue weighted by Gasteiger charge is -2.39. The third kappa shape index (κ3) is 2.51. The number of hydrogen-bond donors (Lipinski definition) is 1. The average Bonchev–Trinajstić information content (AvgIpc) is 3.36. The normalized spacial score (nSPS) is 29.0. The van der Waals surface area contributed by atoms with Crippen molar-refractivity contribution >= 4 is 11.6 Å². The number of hydrogen-bond acceptors (Lipinski definition) is 4. The summed E-state index contributed by atoms with van der Waals surface area (Å²) in [4.78, 5) is 4.81. The highest BCUT2D eigenvalue weighted by molar-refractivity contribution is 5.80. The quantitative estimate of drug-likeness (QED) is 0.764. The number of aliphatic imine (C=N–C) groups is 1. The van der Waals surface area contributed by atoms with Gasteiger partial charge in [0.25, 0.3) is 6.02 Å². The van der Waals surface area contributed by atoms with Crippen molar-refractivity contribution < 1.29 is 9.47 Å². The molecule has 2 heterocycles. The molecule has 0 radical (unpaired) electrons. The number of fused-ring (bicyclic) bond motifs is 3. The first-order valence-corrected chi connectivity index (χ1v) is 9.61. The Morgan fingerprint density at radius 2 is 2.00 bits per heavy atom. The van der Waals surface area contributed by atoms with Crippen molar-refractivity contribution in [2.45, 2.75) is 25.3 Å². The van der Waals surface area contributed by atoms with Gasteiger partial charge in [0.1, 0.15) is 17.9 Å². The fraction of sp³-hybridized carbons (Fsp3) is 0.292. The van der Waals surface area contributed by atoms with Crippen LogP contribution in [0.15, 0.2) is 65.2 Å². The Kier molecular flexibility index (Phi) is 3.73. The second kappa shape index (κ2) is 6.17. The molecular formula is C24H22N2O2. The van der Waals surface area contributed by atoms with Crippen LogP contribution in [0.2, 0.25) is 0 Å². The topological polar surface area (TPSA) is 56.8 Å². The number of allylic oxidation sites excluding steroid dienone is 8. The average molecular weight is 370 g/mol. The van der Waals surface area contributed by atoms with Crippen molar-refractivity contribution in [1.82, 2.24) is 0 Å². The van der Waals surface area contributed by atoms with E-state index in [2.05, 4.69) is 36.1 Å². The molecule has 0 amide bonds. The molecule has 1 atom stereocenters. The van der Waals surface area contributed by atoms with E-state index in [1.807, 2.05) is 37.3 Å². The summed E-state index contributed by atoms with van der Waals surface area (Å²) in [6, 6.07) is 6.62. The Bertz CT molecular complexity index is 1060. The molecule has 4 heteroatoms. The van der Waals surface area contributed by atoms with Crippen molar-refractivity contribution in [1.29, 1.82) is 0 Å². The van der Waals surface area contributed by atoms with Gasteiger partial charge in [-0.3, -0.25) is 0 Å². The Hall–Kier alpha value is -3.19. The van der Waals surface area contributed by atoms with Crippen molar-refractivity contribution in [3.05, 3.63) is 71.4 Å². The van der Waals surface area contributed by atoms with E-state index in [1.165, 1.54) is 0 Å². The SMILES string of the molecule is CC#CC1=C/C(c2ccc3c(c2)C2(COC(N)=N2)C2(CC2)CO3)=C\C=C\C=C1. The molecular weight excluding hydrogens is 348 g/mol. The van der Waals surface area contributed by atoms with Crippen LogP contribution >= 0.6 is 0 Å². The highest BCUT2D eigenvalue weighted by Gasteiger charge is 2.66. The third-order valence-electron chi connectivity index (χ3n) is 6.08. The summed E-state index contributed by atoms with van der Waals surface area (Å²) in [6.45, 7) is 3.01. The second-order valence-electron chi connectivity index (χ2n) is 7.72. The monoisotopic (exact) mass is 370 g/mol. The van der Waals surface area contributed by atoms with Gasteiger partial charge in [0.05, 0.1) is 6.61 Å². The molecule has 5 rings (SSSR count). The summed E-state index contributed by atoms with van der Waals surface area (Å²) < 4.78 is 11.8. The Balaban J connectivity index is 1.64. The Morgan fingerprint density at radius 1 is 1.11 bits per heavy atom. The molecule has 2 spiro atoms. The molecule has 1 unspecified atom stereocenters. The van der Waals surface area contributed by atoms with Crippen LogP contribution < -0.4 is 10.5 Å². The van der Waals surface area contributed by atoms with E-state index in [9.17, 15) is 0 Å². The maximum Gasteiger partial charge on any atom is 0.283 e. The third-order valence-corrected chi connectivity index (χ3v) is 6.08. The molecule has 1 aromatic rings.